The van der Waals surface area contributed by atoms with Gasteiger partial charge in [0.25, 0.3) is 5.91 Å². The van der Waals surface area contributed by atoms with Gasteiger partial charge in [0.1, 0.15) is 6.54 Å². The van der Waals surface area contributed by atoms with E-state index in [4.69, 9.17) is 11.6 Å². The molecule has 0 spiro atoms. The molecule has 0 aliphatic carbocycles. The SMILES string of the molecule is CCN(CC(F)(F)F)C(=O)c1cnccc1Cl. The highest BCUT2D eigenvalue weighted by atomic mass is 35.5. The number of hydrogen-bond donors (Lipinski definition) is 0. The zero-order valence-corrected chi connectivity index (χ0v) is 9.72. The maximum atomic E-state index is 12.2. The predicted octanol–water partition coefficient (Wildman–Crippen LogP) is 2.76. The molecule has 0 aromatic carbocycles. The second-order valence-corrected chi connectivity index (χ2v) is 3.70. The molecule has 7 heteroatoms. The van der Waals surface area contributed by atoms with Crippen LogP contribution >= 0.6 is 11.6 Å². The van der Waals surface area contributed by atoms with E-state index in [-0.39, 0.29) is 17.1 Å². The lowest BCUT2D eigenvalue weighted by Crippen LogP contribution is -2.38. The van der Waals surface area contributed by atoms with E-state index in [0.29, 0.717) is 4.90 Å². The van der Waals surface area contributed by atoms with Gasteiger partial charge in [0, 0.05) is 18.9 Å². The quantitative estimate of drug-likeness (QED) is 0.843. The van der Waals surface area contributed by atoms with Crippen molar-refractivity contribution in [1.82, 2.24) is 9.88 Å². The Morgan fingerprint density at radius 3 is 2.65 bits per heavy atom. The molecule has 94 valence electrons. The number of carbonyl (C=O) groups is 1. The summed E-state index contributed by atoms with van der Waals surface area (Å²) >= 11 is 5.72. The fourth-order valence-corrected chi connectivity index (χ4v) is 1.43. The fraction of sp³-hybridized carbons (Fsp3) is 0.400. The Hall–Kier alpha value is -1.30. The lowest BCUT2D eigenvalue weighted by molar-refractivity contribution is -0.140. The summed E-state index contributed by atoms with van der Waals surface area (Å²) in [7, 11) is 0. The van der Waals surface area contributed by atoms with E-state index in [9.17, 15) is 18.0 Å². The summed E-state index contributed by atoms with van der Waals surface area (Å²) < 4.78 is 36.7. The molecule has 0 aliphatic heterocycles. The Bertz CT molecular complexity index is 409. The molecule has 0 saturated heterocycles. The summed E-state index contributed by atoms with van der Waals surface area (Å²) in [5, 5.41) is 0.0885. The fourth-order valence-electron chi connectivity index (χ4n) is 1.25. The van der Waals surface area contributed by atoms with E-state index in [1.807, 2.05) is 0 Å². The minimum absolute atomic E-state index is 0.0275. The number of halogens is 4. The number of nitrogens with zero attached hydrogens (tertiary/aromatic N) is 2. The van der Waals surface area contributed by atoms with Crippen molar-refractivity contribution in [1.29, 1.82) is 0 Å². The van der Waals surface area contributed by atoms with Crippen LogP contribution in [0.4, 0.5) is 13.2 Å². The Balaban J connectivity index is 2.91. The number of hydrogen-bond acceptors (Lipinski definition) is 2. The van der Waals surface area contributed by atoms with Crippen molar-refractivity contribution in [3.63, 3.8) is 0 Å². The molecule has 1 amide bonds. The summed E-state index contributed by atoms with van der Waals surface area (Å²) in [5.74, 6) is -0.775. The Morgan fingerprint density at radius 2 is 2.18 bits per heavy atom. The van der Waals surface area contributed by atoms with Crippen LogP contribution in [0.5, 0.6) is 0 Å². The van der Waals surface area contributed by atoms with Crippen molar-refractivity contribution >= 4 is 17.5 Å². The maximum absolute atomic E-state index is 12.2. The zero-order chi connectivity index (χ0) is 13.1. The van der Waals surface area contributed by atoms with E-state index >= 15 is 0 Å². The molecule has 0 bridgehead atoms. The second kappa shape index (κ2) is 5.35. The van der Waals surface area contributed by atoms with Crippen molar-refractivity contribution in [3.05, 3.63) is 29.0 Å². The largest absolute Gasteiger partial charge is 0.406 e. The van der Waals surface area contributed by atoms with Gasteiger partial charge in [0.15, 0.2) is 0 Å². The minimum atomic E-state index is -4.43. The van der Waals surface area contributed by atoms with Gasteiger partial charge < -0.3 is 4.90 Å². The molecule has 17 heavy (non-hydrogen) atoms. The molecule has 1 aromatic heterocycles. The van der Waals surface area contributed by atoms with Crippen LogP contribution in [-0.4, -0.2) is 35.1 Å². The Labute approximate surface area is 101 Å². The summed E-state index contributed by atoms with van der Waals surface area (Å²) in [5.41, 5.74) is -0.0275. The molecule has 1 heterocycles. The minimum Gasteiger partial charge on any atom is -0.330 e. The lowest BCUT2D eigenvalue weighted by Gasteiger charge is -2.22. The van der Waals surface area contributed by atoms with Crippen LogP contribution in [0, 0.1) is 0 Å². The molecule has 0 atom stereocenters. The Morgan fingerprint density at radius 1 is 1.53 bits per heavy atom. The molecular formula is C10H10ClF3N2O. The van der Waals surface area contributed by atoms with E-state index in [0.717, 1.165) is 6.20 Å². The normalized spacial score (nSPS) is 11.4. The van der Waals surface area contributed by atoms with Crippen LogP contribution in [-0.2, 0) is 0 Å². The van der Waals surface area contributed by atoms with Gasteiger partial charge in [-0.3, -0.25) is 9.78 Å². The van der Waals surface area contributed by atoms with Gasteiger partial charge in [-0.1, -0.05) is 11.6 Å². The average Bonchev–Trinajstić information content (AvgIpc) is 2.24. The maximum Gasteiger partial charge on any atom is 0.406 e. The number of rotatable bonds is 3. The van der Waals surface area contributed by atoms with E-state index in [2.05, 4.69) is 4.98 Å². The third kappa shape index (κ3) is 3.89. The smallest absolute Gasteiger partial charge is 0.330 e. The summed E-state index contributed by atoms with van der Waals surface area (Å²) in [6, 6.07) is 1.36. The first-order chi connectivity index (χ1) is 7.85. The highest BCUT2D eigenvalue weighted by Gasteiger charge is 2.33. The number of aromatic nitrogens is 1. The van der Waals surface area contributed by atoms with Gasteiger partial charge in [0.2, 0.25) is 0 Å². The predicted molar refractivity (Wildman–Crippen MR) is 56.9 cm³/mol. The van der Waals surface area contributed by atoms with Crippen LogP contribution in [0.3, 0.4) is 0 Å². The standard InChI is InChI=1S/C10H10ClF3N2O/c1-2-16(6-10(12,13)14)9(17)7-5-15-4-3-8(7)11/h3-5H,2,6H2,1H3. The first kappa shape index (κ1) is 13.8. The van der Waals surface area contributed by atoms with Crippen molar-refractivity contribution in [3.8, 4) is 0 Å². The van der Waals surface area contributed by atoms with Gasteiger partial charge in [-0.15, -0.1) is 0 Å². The molecule has 0 radical (unpaired) electrons. The average molecular weight is 267 g/mol. The third-order valence-electron chi connectivity index (χ3n) is 2.04. The highest BCUT2D eigenvalue weighted by molar-refractivity contribution is 6.33. The number of alkyl halides is 3. The molecule has 1 aromatic rings. The van der Waals surface area contributed by atoms with E-state index in [1.54, 1.807) is 0 Å². The van der Waals surface area contributed by atoms with Crippen molar-refractivity contribution in [2.75, 3.05) is 13.1 Å². The molecule has 0 saturated carbocycles. The second-order valence-electron chi connectivity index (χ2n) is 3.29. The van der Waals surface area contributed by atoms with Crippen molar-refractivity contribution in [2.24, 2.45) is 0 Å². The monoisotopic (exact) mass is 266 g/mol. The number of amides is 1. The highest BCUT2D eigenvalue weighted by Crippen LogP contribution is 2.20. The van der Waals surface area contributed by atoms with Gasteiger partial charge in [-0.05, 0) is 13.0 Å². The van der Waals surface area contributed by atoms with Gasteiger partial charge in [0.05, 0.1) is 10.6 Å². The summed E-state index contributed by atoms with van der Waals surface area (Å²) in [6.45, 7) is 0.116. The van der Waals surface area contributed by atoms with Gasteiger partial charge in [-0.2, -0.15) is 13.2 Å². The molecular weight excluding hydrogens is 257 g/mol. The zero-order valence-electron chi connectivity index (χ0n) is 8.96. The van der Waals surface area contributed by atoms with Gasteiger partial charge >= 0.3 is 6.18 Å². The van der Waals surface area contributed by atoms with E-state index < -0.39 is 18.6 Å². The summed E-state index contributed by atoms with van der Waals surface area (Å²) in [6.07, 6.45) is -1.91. The summed E-state index contributed by atoms with van der Waals surface area (Å²) in [4.78, 5) is 16.1. The topological polar surface area (TPSA) is 33.2 Å². The Kier molecular flexibility index (Phi) is 4.34. The third-order valence-corrected chi connectivity index (χ3v) is 2.37. The van der Waals surface area contributed by atoms with Crippen LogP contribution in [0.15, 0.2) is 18.5 Å². The van der Waals surface area contributed by atoms with Crippen molar-refractivity contribution < 1.29 is 18.0 Å². The molecule has 0 unspecified atom stereocenters. The molecule has 3 nitrogen and oxygen atoms in total. The van der Waals surface area contributed by atoms with Crippen molar-refractivity contribution in [2.45, 2.75) is 13.1 Å². The first-order valence-corrected chi connectivity index (χ1v) is 5.18. The molecule has 0 fully saturated rings. The number of pyridine rings is 1. The van der Waals surface area contributed by atoms with Crippen LogP contribution < -0.4 is 0 Å². The van der Waals surface area contributed by atoms with E-state index in [1.165, 1.54) is 19.2 Å². The molecule has 0 N–H and O–H groups in total. The van der Waals surface area contributed by atoms with Crippen LogP contribution in [0.1, 0.15) is 17.3 Å². The molecule has 1 rings (SSSR count). The van der Waals surface area contributed by atoms with Crippen LogP contribution in [0.25, 0.3) is 0 Å². The lowest BCUT2D eigenvalue weighted by atomic mass is 10.2. The number of carbonyl (C=O) groups excluding carboxylic acids is 1. The first-order valence-electron chi connectivity index (χ1n) is 4.80. The molecule has 0 aliphatic rings. The van der Waals surface area contributed by atoms with Crippen LogP contribution in [0.2, 0.25) is 5.02 Å². The van der Waals surface area contributed by atoms with Gasteiger partial charge in [-0.25, -0.2) is 0 Å².